The summed E-state index contributed by atoms with van der Waals surface area (Å²) < 4.78 is 0. The first kappa shape index (κ1) is 10.4. The van der Waals surface area contributed by atoms with Crippen LogP contribution in [-0.2, 0) is 0 Å². The molecule has 0 aliphatic heterocycles. The summed E-state index contributed by atoms with van der Waals surface area (Å²) >= 11 is 0. The van der Waals surface area contributed by atoms with Crippen LogP contribution in [0.4, 0.5) is 5.82 Å². The van der Waals surface area contributed by atoms with Gasteiger partial charge < -0.3 is 11.1 Å². The van der Waals surface area contributed by atoms with Crippen molar-refractivity contribution in [2.24, 2.45) is 5.73 Å². The van der Waals surface area contributed by atoms with Gasteiger partial charge in [-0.05, 0) is 25.0 Å². The summed E-state index contributed by atoms with van der Waals surface area (Å²) in [6.07, 6.45) is 7.96. The molecule has 1 aromatic heterocycles. The van der Waals surface area contributed by atoms with E-state index in [1.807, 2.05) is 24.4 Å². The Hall–Kier alpha value is -1.09. The third-order valence-electron chi connectivity index (χ3n) is 3.07. The molecule has 15 heavy (non-hydrogen) atoms. The summed E-state index contributed by atoms with van der Waals surface area (Å²) in [5, 5.41) is 3.43. The van der Waals surface area contributed by atoms with E-state index in [0.29, 0.717) is 6.04 Å². The highest BCUT2D eigenvalue weighted by atomic mass is 15.0. The Morgan fingerprint density at radius 3 is 2.87 bits per heavy atom. The molecule has 2 unspecified atom stereocenters. The number of rotatable bonds is 2. The first-order valence-corrected chi connectivity index (χ1v) is 5.79. The molecule has 1 fully saturated rings. The lowest BCUT2D eigenvalue weighted by Crippen LogP contribution is -2.39. The molecule has 1 aromatic rings. The zero-order valence-corrected chi connectivity index (χ0v) is 9.02. The largest absolute Gasteiger partial charge is 0.366 e. The molecule has 0 radical (unpaired) electrons. The van der Waals surface area contributed by atoms with Gasteiger partial charge in [-0.2, -0.15) is 0 Å². The molecule has 0 aromatic carbocycles. The first-order valence-electron chi connectivity index (χ1n) is 5.79. The lowest BCUT2D eigenvalue weighted by Gasteiger charge is -2.23. The van der Waals surface area contributed by atoms with Crippen molar-refractivity contribution in [2.75, 3.05) is 5.32 Å². The maximum absolute atomic E-state index is 6.14. The van der Waals surface area contributed by atoms with E-state index in [9.17, 15) is 0 Å². The second-order valence-electron chi connectivity index (χ2n) is 4.27. The zero-order valence-electron chi connectivity index (χ0n) is 9.02. The number of aromatic nitrogens is 1. The van der Waals surface area contributed by atoms with Crippen LogP contribution in [0.25, 0.3) is 0 Å². The number of hydrogen-bond donors (Lipinski definition) is 2. The van der Waals surface area contributed by atoms with Crippen molar-refractivity contribution in [1.82, 2.24) is 4.98 Å². The Bertz CT molecular complexity index is 286. The summed E-state index contributed by atoms with van der Waals surface area (Å²) in [4.78, 5) is 4.27. The van der Waals surface area contributed by atoms with E-state index < -0.39 is 0 Å². The molecule has 3 nitrogen and oxygen atoms in total. The quantitative estimate of drug-likeness (QED) is 0.727. The van der Waals surface area contributed by atoms with Crippen LogP contribution < -0.4 is 11.1 Å². The molecule has 1 heterocycles. The molecule has 0 spiro atoms. The molecule has 0 saturated heterocycles. The third-order valence-corrected chi connectivity index (χ3v) is 3.07. The Balaban J connectivity index is 1.97. The van der Waals surface area contributed by atoms with Crippen molar-refractivity contribution in [1.29, 1.82) is 0 Å². The SMILES string of the molecule is NC1CCCCCC1Nc1ccccn1. The molecule has 1 aliphatic carbocycles. The first-order chi connectivity index (χ1) is 7.36. The van der Waals surface area contributed by atoms with Crippen molar-refractivity contribution in [3.63, 3.8) is 0 Å². The van der Waals surface area contributed by atoms with E-state index in [0.717, 1.165) is 18.7 Å². The van der Waals surface area contributed by atoms with Crippen LogP contribution in [0, 0.1) is 0 Å². The Kier molecular flexibility index (Phi) is 3.56. The van der Waals surface area contributed by atoms with Gasteiger partial charge in [-0.1, -0.05) is 25.3 Å². The number of anilines is 1. The standard InChI is InChI=1S/C12H19N3/c13-10-6-2-1-3-7-11(10)15-12-8-4-5-9-14-12/h4-5,8-11H,1-3,6-7,13H2,(H,14,15). The van der Waals surface area contributed by atoms with E-state index in [2.05, 4.69) is 10.3 Å². The van der Waals surface area contributed by atoms with Crippen LogP contribution in [0.5, 0.6) is 0 Å². The summed E-state index contributed by atoms with van der Waals surface area (Å²) in [6, 6.07) is 6.59. The minimum Gasteiger partial charge on any atom is -0.366 e. The van der Waals surface area contributed by atoms with Gasteiger partial charge in [0, 0.05) is 18.3 Å². The Morgan fingerprint density at radius 1 is 1.20 bits per heavy atom. The predicted octanol–water partition coefficient (Wildman–Crippen LogP) is 2.15. The van der Waals surface area contributed by atoms with Gasteiger partial charge in [0.2, 0.25) is 0 Å². The van der Waals surface area contributed by atoms with Crippen molar-refractivity contribution in [3.05, 3.63) is 24.4 Å². The van der Waals surface area contributed by atoms with Gasteiger partial charge >= 0.3 is 0 Å². The summed E-state index contributed by atoms with van der Waals surface area (Å²) in [6.45, 7) is 0. The predicted molar refractivity (Wildman–Crippen MR) is 62.7 cm³/mol. The number of hydrogen-bond acceptors (Lipinski definition) is 3. The molecular formula is C12H19N3. The molecule has 0 amide bonds. The van der Waals surface area contributed by atoms with Crippen LogP contribution in [0.2, 0.25) is 0 Å². The minimum atomic E-state index is 0.273. The summed E-state index contributed by atoms with van der Waals surface area (Å²) in [5.74, 6) is 0.944. The monoisotopic (exact) mass is 205 g/mol. The van der Waals surface area contributed by atoms with Gasteiger partial charge in [-0.3, -0.25) is 0 Å². The fourth-order valence-electron chi connectivity index (χ4n) is 2.15. The molecule has 3 N–H and O–H groups in total. The van der Waals surface area contributed by atoms with E-state index in [4.69, 9.17) is 5.73 Å². The highest BCUT2D eigenvalue weighted by Crippen LogP contribution is 2.19. The lowest BCUT2D eigenvalue weighted by atomic mass is 10.0. The summed E-state index contributed by atoms with van der Waals surface area (Å²) in [5.41, 5.74) is 6.14. The highest BCUT2D eigenvalue weighted by Gasteiger charge is 2.19. The van der Waals surface area contributed by atoms with Crippen LogP contribution in [0.1, 0.15) is 32.1 Å². The van der Waals surface area contributed by atoms with Crippen molar-refractivity contribution < 1.29 is 0 Å². The molecule has 3 heteroatoms. The molecule has 82 valence electrons. The third kappa shape index (κ3) is 2.93. The lowest BCUT2D eigenvalue weighted by molar-refractivity contribution is 0.527. The van der Waals surface area contributed by atoms with Gasteiger partial charge in [0.05, 0.1) is 0 Å². The van der Waals surface area contributed by atoms with Gasteiger partial charge in [0.1, 0.15) is 5.82 Å². The average Bonchev–Trinajstić information content (AvgIpc) is 2.46. The Labute approximate surface area is 91.1 Å². The van der Waals surface area contributed by atoms with Crippen molar-refractivity contribution in [2.45, 2.75) is 44.2 Å². The normalized spacial score (nSPS) is 27.0. The van der Waals surface area contributed by atoms with E-state index in [-0.39, 0.29) is 6.04 Å². The summed E-state index contributed by atoms with van der Waals surface area (Å²) in [7, 11) is 0. The van der Waals surface area contributed by atoms with Crippen LogP contribution in [0.15, 0.2) is 24.4 Å². The molecule has 1 aliphatic rings. The minimum absolute atomic E-state index is 0.273. The van der Waals surface area contributed by atoms with Crippen LogP contribution >= 0.6 is 0 Å². The van der Waals surface area contributed by atoms with Crippen molar-refractivity contribution in [3.8, 4) is 0 Å². The van der Waals surface area contributed by atoms with Crippen LogP contribution in [-0.4, -0.2) is 17.1 Å². The highest BCUT2D eigenvalue weighted by molar-refractivity contribution is 5.35. The molecule has 0 bridgehead atoms. The van der Waals surface area contributed by atoms with E-state index in [1.54, 1.807) is 0 Å². The fraction of sp³-hybridized carbons (Fsp3) is 0.583. The zero-order chi connectivity index (χ0) is 10.5. The van der Waals surface area contributed by atoms with Crippen molar-refractivity contribution >= 4 is 5.82 Å². The molecule has 2 rings (SSSR count). The maximum atomic E-state index is 6.14. The number of pyridine rings is 1. The van der Waals surface area contributed by atoms with Gasteiger partial charge in [-0.25, -0.2) is 4.98 Å². The average molecular weight is 205 g/mol. The Morgan fingerprint density at radius 2 is 2.07 bits per heavy atom. The van der Waals surface area contributed by atoms with Crippen LogP contribution in [0.3, 0.4) is 0 Å². The molecule has 2 atom stereocenters. The molecular weight excluding hydrogens is 186 g/mol. The number of nitrogens with two attached hydrogens (primary N) is 1. The van der Waals surface area contributed by atoms with Gasteiger partial charge in [0.15, 0.2) is 0 Å². The number of nitrogens with one attached hydrogen (secondary N) is 1. The van der Waals surface area contributed by atoms with E-state index >= 15 is 0 Å². The second kappa shape index (κ2) is 5.12. The van der Waals surface area contributed by atoms with Gasteiger partial charge in [0.25, 0.3) is 0 Å². The maximum Gasteiger partial charge on any atom is 0.126 e. The van der Waals surface area contributed by atoms with Gasteiger partial charge in [-0.15, -0.1) is 0 Å². The number of nitrogens with zero attached hydrogens (tertiary/aromatic N) is 1. The van der Waals surface area contributed by atoms with E-state index in [1.165, 1.54) is 19.3 Å². The smallest absolute Gasteiger partial charge is 0.126 e. The second-order valence-corrected chi connectivity index (χ2v) is 4.27. The topological polar surface area (TPSA) is 50.9 Å². The molecule has 1 saturated carbocycles. The fourth-order valence-corrected chi connectivity index (χ4v) is 2.15.